The van der Waals surface area contributed by atoms with E-state index < -0.39 is 22.0 Å². The molecule has 0 spiro atoms. The third-order valence-electron chi connectivity index (χ3n) is 1.98. The van der Waals surface area contributed by atoms with Crippen LogP contribution in [0.5, 0.6) is 0 Å². The van der Waals surface area contributed by atoms with Gasteiger partial charge in [0, 0.05) is 0 Å². The van der Waals surface area contributed by atoms with Gasteiger partial charge in [-0.25, -0.2) is 13.1 Å². The minimum atomic E-state index is -3.44. The normalized spacial score (nSPS) is 13.3. The molecule has 1 aromatic carbocycles. The molecule has 0 saturated carbocycles. The van der Waals surface area contributed by atoms with Gasteiger partial charge >= 0.3 is 0 Å². The van der Waals surface area contributed by atoms with E-state index in [9.17, 15) is 13.2 Å². The maximum absolute atomic E-state index is 11.1. The summed E-state index contributed by atoms with van der Waals surface area (Å²) in [6.45, 7) is 0. The lowest BCUT2D eigenvalue weighted by Crippen LogP contribution is -2.45. The highest BCUT2D eigenvalue weighted by molar-refractivity contribution is 7.88. The summed E-state index contributed by atoms with van der Waals surface area (Å²) >= 11 is 0. The number of hydrogen-bond acceptors (Lipinski definition) is 3. The van der Waals surface area contributed by atoms with Crippen LogP contribution in [0.15, 0.2) is 30.3 Å². The van der Waals surface area contributed by atoms with Gasteiger partial charge in [-0.3, -0.25) is 4.79 Å². The van der Waals surface area contributed by atoms with Crippen LogP contribution in [0.2, 0.25) is 0 Å². The molecule has 3 N–H and O–H groups in total. The Morgan fingerprint density at radius 1 is 1.38 bits per heavy atom. The fourth-order valence-electron chi connectivity index (χ4n) is 1.31. The van der Waals surface area contributed by atoms with E-state index in [1.165, 1.54) is 0 Å². The van der Waals surface area contributed by atoms with Crippen molar-refractivity contribution in [3.05, 3.63) is 35.9 Å². The first-order valence-electron chi connectivity index (χ1n) is 4.69. The van der Waals surface area contributed by atoms with E-state index in [-0.39, 0.29) is 6.42 Å². The molecule has 0 aromatic heterocycles. The second-order valence-electron chi connectivity index (χ2n) is 3.53. The third-order valence-corrected chi connectivity index (χ3v) is 2.70. The minimum absolute atomic E-state index is 0.253. The van der Waals surface area contributed by atoms with Crippen LogP contribution in [-0.4, -0.2) is 26.6 Å². The van der Waals surface area contributed by atoms with E-state index in [0.29, 0.717) is 0 Å². The molecule has 0 radical (unpaired) electrons. The largest absolute Gasteiger partial charge is 0.368 e. The Morgan fingerprint density at radius 2 is 1.94 bits per heavy atom. The van der Waals surface area contributed by atoms with Crippen LogP contribution in [-0.2, 0) is 21.2 Å². The number of carbonyl (C=O) groups is 1. The summed E-state index contributed by atoms with van der Waals surface area (Å²) in [5.41, 5.74) is 5.98. The minimum Gasteiger partial charge on any atom is -0.368 e. The number of rotatable bonds is 5. The summed E-state index contributed by atoms with van der Waals surface area (Å²) in [5, 5.41) is 0. The smallest absolute Gasteiger partial charge is 0.235 e. The molecular weight excluding hydrogens is 228 g/mol. The lowest BCUT2D eigenvalue weighted by Gasteiger charge is -2.13. The highest BCUT2D eigenvalue weighted by Gasteiger charge is 2.19. The van der Waals surface area contributed by atoms with Crippen LogP contribution in [0.1, 0.15) is 5.56 Å². The number of sulfonamides is 1. The number of benzene rings is 1. The first-order chi connectivity index (χ1) is 7.38. The first-order valence-corrected chi connectivity index (χ1v) is 6.58. The van der Waals surface area contributed by atoms with E-state index in [4.69, 9.17) is 5.73 Å². The fourth-order valence-corrected chi connectivity index (χ4v) is 2.02. The molecule has 16 heavy (non-hydrogen) atoms. The Hall–Kier alpha value is -1.40. The molecule has 88 valence electrons. The van der Waals surface area contributed by atoms with Crippen molar-refractivity contribution in [2.24, 2.45) is 5.73 Å². The number of hydrogen-bond donors (Lipinski definition) is 2. The third kappa shape index (κ3) is 4.41. The summed E-state index contributed by atoms with van der Waals surface area (Å²) < 4.78 is 24.2. The van der Waals surface area contributed by atoms with Gasteiger partial charge in [-0.15, -0.1) is 0 Å². The van der Waals surface area contributed by atoms with E-state index in [0.717, 1.165) is 11.8 Å². The van der Waals surface area contributed by atoms with E-state index in [1.54, 1.807) is 12.1 Å². The monoisotopic (exact) mass is 242 g/mol. The summed E-state index contributed by atoms with van der Waals surface area (Å²) in [4.78, 5) is 11.1. The average molecular weight is 242 g/mol. The van der Waals surface area contributed by atoms with Crippen LogP contribution in [0.4, 0.5) is 0 Å². The highest BCUT2D eigenvalue weighted by Crippen LogP contribution is 2.03. The molecule has 1 atom stereocenters. The van der Waals surface area contributed by atoms with Crippen molar-refractivity contribution < 1.29 is 13.2 Å². The van der Waals surface area contributed by atoms with Crippen molar-refractivity contribution in [1.82, 2.24) is 4.72 Å². The quantitative estimate of drug-likeness (QED) is 0.738. The summed E-state index contributed by atoms with van der Waals surface area (Å²) in [6.07, 6.45) is 1.25. The number of amides is 1. The molecule has 1 unspecified atom stereocenters. The second kappa shape index (κ2) is 5.09. The van der Waals surface area contributed by atoms with Crippen molar-refractivity contribution in [3.63, 3.8) is 0 Å². The predicted molar refractivity (Wildman–Crippen MR) is 61.1 cm³/mol. The molecule has 0 aliphatic rings. The lowest BCUT2D eigenvalue weighted by molar-refractivity contribution is -0.119. The Bertz CT molecular complexity index is 456. The summed E-state index contributed by atoms with van der Waals surface area (Å²) in [6, 6.07) is 8.17. The maximum Gasteiger partial charge on any atom is 0.235 e. The zero-order valence-corrected chi connectivity index (χ0v) is 9.70. The summed E-state index contributed by atoms with van der Waals surface area (Å²) in [7, 11) is -3.44. The molecule has 0 saturated heterocycles. The van der Waals surface area contributed by atoms with Gasteiger partial charge in [-0.2, -0.15) is 0 Å². The van der Waals surface area contributed by atoms with Crippen molar-refractivity contribution in [3.8, 4) is 0 Å². The molecule has 1 rings (SSSR count). The Morgan fingerprint density at radius 3 is 2.38 bits per heavy atom. The molecule has 6 heteroatoms. The Kier molecular flexibility index (Phi) is 4.03. The van der Waals surface area contributed by atoms with E-state index in [2.05, 4.69) is 4.72 Å². The van der Waals surface area contributed by atoms with Gasteiger partial charge in [-0.05, 0) is 12.0 Å². The maximum atomic E-state index is 11.1. The van der Waals surface area contributed by atoms with Crippen molar-refractivity contribution in [2.75, 3.05) is 6.26 Å². The van der Waals surface area contributed by atoms with Gasteiger partial charge in [0.2, 0.25) is 15.9 Å². The van der Waals surface area contributed by atoms with Gasteiger partial charge in [0.05, 0.1) is 6.26 Å². The van der Waals surface area contributed by atoms with Gasteiger partial charge in [0.25, 0.3) is 0 Å². The highest BCUT2D eigenvalue weighted by atomic mass is 32.2. The molecule has 0 aliphatic heterocycles. The van der Waals surface area contributed by atoms with Crippen molar-refractivity contribution in [2.45, 2.75) is 12.5 Å². The molecule has 1 amide bonds. The van der Waals surface area contributed by atoms with Gasteiger partial charge in [0.15, 0.2) is 0 Å². The molecule has 0 heterocycles. The summed E-state index contributed by atoms with van der Waals surface area (Å²) in [5.74, 6) is -0.686. The number of primary amides is 1. The fraction of sp³-hybridized carbons (Fsp3) is 0.300. The SMILES string of the molecule is CS(=O)(=O)NC(Cc1ccccc1)C(N)=O. The average Bonchev–Trinajstić information content (AvgIpc) is 2.16. The van der Waals surface area contributed by atoms with Gasteiger partial charge in [0.1, 0.15) is 6.04 Å². The molecule has 1 aromatic rings. The second-order valence-corrected chi connectivity index (χ2v) is 5.31. The number of nitrogens with two attached hydrogens (primary N) is 1. The number of nitrogens with one attached hydrogen (secondary N) is 1. The van der Waals surface area contributed by atoms with Crippen LogP contribution >= 0.6 is 0 Å². The van der Waals surface area contributed by atoms with Gasteiger partial charge < -0.3 is 5.73 Å². The van der Waals surface area contributed by atoms with E-state index in [1.807, 2.05) is 18.2 Å². The predicted octanol–water partition coefficient (Wildman–Crippen LogP) is -0.368. The lowest BCUT2D eigenvalue weighted by atomic mass is 10.1. The topological polar surface area (TPSA) is 89.3 Å². The molecule has 5 nitrogen and oxygen atoms in total. The van der Waals surface area contributed by atoms with Crippen molar-refractivity contribution >= 4 is 15.9 Å². The zero-order chi connectivity index (χ0) is 12.2. The first kappa shape index (κ1) is 12.7. The number of carbonyl (C=O) groups excluding carboxylic acids is 1. The molecule has 0 aliphatic carbocycles. The van der Waals surface area contributed by atoms with Crippen LogP contribution in [0, 0.1) is 0 Å². The van der Waals surface area contributed by atoms with Crippen molar-refractivity contribution in [1.29, 1.82) is 0 Å². The molecular formula is C10H14N2O3S. The molecule has 0 fully saturated rings. The Balaban J connectivity index is 2.77. The van der Waals surface area contributed by atoms with Crippen LogP contribution < -0.4 is 10.5 Å². The zero-order valence-electron chi connectivity index (χ0n) is 8.88. The van der Waals surface area contributed by atoms with E-state index >= 15 is 0 Å². The van der Waals surface area contributed by atoms with Crippen LogP contribution in [0.25, 0.3) is 0 Å². The molecule has 0 bridgehead atoms. The van der Waals surface area contributed by atoms with Gasteiger partial charge in [-0.1, -0.05) is 30.3 Å². The standard InChI is InChI=1S/C10H14N2O3S/c1-16(14,15)12-9(10(11)13)7-8-5-3-2-4-6-8/h2-6,9,12H,7H2,1H3,(H2,11,13). The van der Waals surface area contributed by atoms with Crippen LogP contribution in [0.3, 0.4) is 0 Å². The Labute approximate surface area is 94.7 Å².